The van der Waals surface area contributed by atoms with Gasteiger partial charge in [0.2, 0.25) is 5.82 Å². The number of amides is 1. The van der Waals surface area contributed by atoms with Gasteiger partial charge in [-0.1, -0.05) is 55.5 Å². The van der Waals surface area contributed by atoms with Gasteiger partial charge in [-0.2, -0.15) is 4.80 Å². The molecule has 1 heterocycles. The Kier molecular flexibility index (Phi) is 4.96. The van der Waals surface area contributed by atoms with Gasteiger partial charge in [0, 0.05) is 17.8 Å². The summed E-state index contributed by atoms with van der Waals surface area (Å²) >= 11 is 0. The highest BCUT2D eigenvalue weighted by atomic mass is 16.2. The SMILES string of the molecule is CCCN(C(=O)Cn1nnc(-c2ccccc2)n1)c1ccccc1. The molecule has 3 rings (SSSR count). The third-order valence-corrected chi connectivity index (χ3v) is 3.58. The van der Waals surface area contributed by atoms with Crippen LogP contribution in [0.15, 0.2) is 60.7 Å². The van der Waals surface area contributed by atoms with E-state index in [9.17, 15) is 4.79 Å². The molecule has 2 aromatic carbocycles. The average Bonchev–Trinajstić information content (AvgIpc) is 3.09. The topological polar surface area (TPSA) is 63.9 Å². The molecular formula is C18H19N5O. The van der Waals surface area contributed by atoms with Crippen LogP contribution >= 0.6 is 0 Å². The Hall–Kier alpha value is -3.02. The minimum Gasteiger partial charge on any atom is -0.311 e. The molecule has 0 aliphatic carbocycles. The highest BCUT2D eigenvalue weighted by Gasteiger charge is 2.17. The first-order chi connectivity index (χ1) is 11.8. The summed E-state index contributed by atoms with van der Waals surface area (Å²) in [5.74, 6) is 0.463. The molecule has 6 heteroatoms. The Balaban J connectivity index is 1.75. The second kappa shape index (κ2) is 7.50. The Morgan fingerprint density at radius 3 is 2.38 bits per heavy atom. The molecule has 24 heavy (non-hydrogen) atoms. The van der Waals surface area contributed by atoms with Crippen LogP contribution in [0.3, 0.4) is 0 Å². The Morgan fingerprint density at radius 1 is 1.04 bits per heavy atom. The van der Waals surface area contributed by atoms with Crippen molar-refractivity contribution in [2.75, 3.05) is 11.4 Å². The number of rotatable bonds is 6. The molecule has 0 N–H and O–H groups in total. The molecule has 1 amide bonds. The molecule has 0 aliphatic heterocycles. The maximum absolute atomic E-state index is 12.6. The normalized spacial score (nSPS) is 10.5. The van der Waals surface area contributed by atoms with Gasteiger partial charge < -0.3 is 4.90 Å². The largest absolute Gasteiger partial charge is 0.311 e. The number of tetrazole rings is 1. The van der Waals surface area contributed by atoms with Crippen molar-refractivity contribution in [1.82, 2.24) is 20.2 Å². The molecule has 1 aromatic heterocycles. The summed E-state index contributed by atoms with van der Waals surface area (Å²) in [5, 5.41) is 12.3. The van der Waals surface area contributed by atoms with Gasteiger partial charge >= 0.3 is 0 Å². The maximum Gasteiger partial charge on any atom is 0.250 e. The van der Waals surface area contributed by atoms with Gasteiger partial charge in [0.15, 0.2) is 0 Å². The second-order valence-electron chi connectivity index (χ2n) is 5.39. The summed E-state index contributed by atoms with van der Waals surface area (Å²) in [5.41, 5.74) is 1.76. The van der Waals surface area contributed by atoms with Gasteiger partial charge in [0.05, 0.1) is 0 Å². The number of para-hydroxylation sites is 1. The summed E-state index contributed by atoms with van der Waals surface area (Å²) in [7, 11) is 0. The lowest BCUT2D eigenvalue weighted by molar-refractivity contribution is -0.119. The highest BCUT2D eigenvalue weighted by molar-refractivity contribution is 5.93. The van der Waals surface area contributed by atoms with Crippen LogP contribution in [0.1, 0.15) is 13.3 Å². The van der Waals surface area contributed by atoms with Crippen LogP contribution in [0.25, 0.3) is 11.4 Å². The highest BCUT2D eigenvalue weighted by Crippen LogP contribution is 2.15. The van der Waals surface area contributed by atoms with E-state index >= 15 is 0 Å². The van der Waals surface area contributed by atoms with Gasteiger partial charge in [0.25, 0.3) is 5.91 Å². The first-order valence-electron chi connectivity index (χ1n) is 7.96. The quantitative estimate of drug-likeness (QED) is 0.700. The fourth-order valence-corrected chi connectivity index (χ4v) is 2.45. The molecule has 0 spiro atoms. The third kappa shape index (κ3) is 3.65. The van der Waals surface area contributed by atoms with Crippen LogP contribution in [-0.4, -0.2) is 32.7 Å². The minimum atomic E-state index is -0.0555. The van der Waals surface area contributed by atoms with Crippen molar-refractivity contribution < 1.29 is 4.79 Å². The number of nitrogens with zero attached hydrogens (tertiary/aromatic N) is 5. The van der Waals surface area contributed by atoms with Crippen molar-refractivity contribution in [3.05, 3.63) is 60.7 Å². The lowest BCUT2D eigenvalue weighted by Crippen LogP contribution is -2.35. The molecule has 0 saturated carbocycles. The number of benzene rings is 2. The zero-order valence-corrected chi connectivity index (χ0v) is 13.5. The van der Waals surface area contributed by atoms with E-state index in [-0.39, 0.29) is 12.5 Å². The van der Waals surface area contributed by atoms with E-state index in [1.54, 1.807) is 4.90 Å². The molecule has 0 bridgehead atoms. The van der Waals surface area contributed by atoms with Gasteiger partial charge in [-0.05, 0) is 23.8 Å². The van der Waals surface area contributed by atoms with E-state index in [1.165, 1.54) is 4.80 Å². The van der Waals surface area contributed by atoms with Crippen LogP contribution in [0, 0.1) is 0 Å². The summed E-state index contributed by atoms with van der Waals surface area (Å²) in [6.07, 6.45) is 0.876. The predicted octanol–water partition coefficient (Wildman–Crippen LogP) is 2.78. The summed E-state index contributed by atoms with van der Waals surface area (Å²) in [4.78, 5) is 15.7. The van der Waals surface area contributed by atoms with E-state index in [1.807, 2.05) is 67.6 Å². The Labute approximate surface area is 140 Å². The zero-order valence-electron chi connectivity index (χ0n) is 13.5. The summed E-state index contributed by atoms with van der Waals surface area (Å²) in [6, 6.07) is 19.2. The molecule has 0 unspecified atom stereocenters. The lowest BCUT2D eigenvalue weighted by Gasteiger charge is -2.21. The molecule has 0 saturated heterocycles. The average molecular weight is 321 g/mol. The van der Waals surface area contributed by atoms with E-state index in [0.717, 1.165) is 17.7 Å². The fraction of sp³-hybridized carbons (Fsp3) is 0.222. The number of anilines is 1. The lowest BCUT2D eigenvalue weighted by atomic mass is 10.2. The Bertz CT molecular complexity index is 785. The van der Waals surface area contributed by atoms with E-state index in [0.29, 0.717) is 12.4 Å². The van der Waals surface area contributed by atoms with E-state index in [2.05, 4.69) is 15.4 Å². The van der Waals surface area contributed by atoms with Crippen LogP contribution in [0.4, 0.5) is 5.69 Å². The molecule has 0 atom stereocenters. The molecule has 0 fully saturated rings. The standard InChI is InChI=1S/C18H19N5O/c1-2-13-22(16-11-7-4-8-12-16)17(24)14-23-20-18(19-21-23)15-9-5-3-6-10-15/h3-12H,2,13-14H2,1H3. The first kappa shape index (κ1) is 15.9. The number of aromatic nitrogens is 4. The fourth-order valence-electron chi connectivity index (χ4n) is 2.45. The van der Waals surface area contributed by atoms with Crippen LogP contribution in [0.5, 0.6) is 0 Å². The van der Waals surface area contributed by atoms with E-state index in [4.69, 9.17) is 0 Å². The smallest absolute Gasteiger partial charge is 0.250 e. The zero-order chi connectivity index (χ0) is 16.8. The van der Waals surface area contributed by atoms with Crippen molar-refractivity contribution in [2.24, 2.45) is 0 Å². The number of hydrogen-bond acceptors (Lipinski definition) is 4. The Morgan fingerprint density at radius 2 is 1.71 bits per heavy atom. The van der Waals surface area contributed by atoms with Gasteiger partial charge in [0.1, 0.15) is 6.54 Å². The molecule has 3 aromatic rings. The summed E-state index contributed by atoms with van der Waals surface area (Å²) in [6.45, 7) is 2.77. The van der Waals surface area contributed by atoms with Crippen LogP contribution in [0.2, 0.25) is 0 Å². The van der Waals surface area contributed by atoms with Crippen molar-refractivity contribution in [1.29, 1.82) is 0 Å². The molecule has 122 valence electrons. The summed E-state index contributed by atoms with van der Waals surface area (Å²) < 4.78 is 0. The molecule has 6 nitrogen and oxygen atoms in total. The van der Waals surface area contributed by atoms with Crippen molar-refractivity contribution >= 4 is 11.6 Å². The minimum absolute atomic E-state index is 0.0555. The second-order valence-corrected chi connectivity index (χ2v) is 5.39. The first-order valence-corrected chi connectivity index (χ1v) is 7.96. The predicted molar refractivity (Wildman–Crippen MR) is 92.3 cm³/mol. The van der Waals surface area contributed by atoms with Crippen molar-refractivity contribution in [3.63, 3.8) is 0 Å². The van der Waals surface area contributed by atoms with Crippen LogP contribution < -0.4 is 4.90 Å². The number of carbonyl (C=O) groups is 1. The number of carbonyl (C=O) groups excluding carboxylic acids is 1. The van der Waals surface area contributed by atoms with Gasteiger partial charge in [-0.25, -0.2) is 0 Å². The molecule has 0 aliphatic rings. The van der Waals surface area contributed by atoms with Crippen LogP contribution in [-0.2, 0) is 11.3 Å². The molecular weight excluding hydrogens is 302 g/mol. The molecule has 0 radical (unpaired) electrons. The van der Waals surface area contributed by atoms with Gasteiger partial charge in [-0.15, -0.1) is 10.2 Å². The van der Waals surface area contributed by atoms with Crippen molar-refractivity contribution in [3.8, 4) is 11.4 Å². The third-order valence-electron chi connectivity index (χ3n) is 3.58. The maximum atomic E-state index is 12.6. The number of hydrogen-bond donors (Lipinski definition) is 0. The monoisotopic (exact) mass is 321 g/mol. The van der Waals surface area contributed by atoms with Crippen molar-refractivity contribution in [2.45, 2.75) is 19.9 Å². The van der Waals surface area contributed by atoms with E-state index < -0.39 is 0 Å². The van der Waals surface area contributed by atoms with Gasteiger partial charge in [-0.3, -0.25) is 4.79 Å².